The van der Waals surface area contributed by atoms with Gasteiger partial charge in [0.1, 0.15) is 11.9 Å². The number of para-hydroxylation sites is 1. The second-order valence-electron chi connectivity index (χ2n) is 7.25. The zero-order valence-electron chi connectivity index (χ0n) is 16.4. The van der Waals surface area contributed by atoms with E-state index in [9.17, 15) is 9.59 Å². The van der Waals surface area contributed by atoms with E-state index in [0.717, 1.165) is 36.9 Å². The van der Waals surface area contributed by atoms with Crippen LogP contribution in [-0.2, 0) is 9.53 Å². The quantitative estimate of drug-likeness (QED) is 0.724. The van der Waals surface area contributed by atoms with Crippen LogP contribution in [-0.4, -0.2) is 24.1 Å². The highest BCUT2D eigenvalue weighted by Crippen LogP contribution is 2.22. The molecule has 5 nitrogen and oxygen atoms in total. The molecule has 5 heteroatoms. The maximum atomic E-state index is 12.4. The standard InChI is InChI=1S/C23H27NO4/c1-16-8-6-7-11-21(16)24-22(25)18-12-14-20(15-13-18)27-17(2)23(26)28-19-9-4-3-5-10-19/h6-8,11-15,17,19H,3-5,9-10H2,1-2H3,(H,24,25)/t17-/m1/s1. The summed E-state index contributed by atoms with van der Waals surface area (Å²) in [4.78, 5) is 24.6. The number of carbonyl (C=O) groups is 2. The summed E-state index contributed by atoms with van der Waals surface area (Å²) in [5.41, 5.74) is 2.31. The van der Waals surface area contributed by atoms with Crippen LogP contribution in [0.3, 0.4) is 0 Å². The van der Waals surface area contributed by atoms with Crippen LogP contribution in [0, 0.1) is 6.92 Å². The summed E-state index contributed by atoms with van der Waals surface area (Å²) in [6, 6.07) is 14.4. The van der Waals surface area contributed by atoms with Crippen LogP contribution < -0.4 is 10.1 Å². The molecule has 0 spiro atoms. The molecular weight excluding hydrogens is 354 g/mol. The number of benzene rings is 2. The number of rotatable bonds is 6. The second-order valence-corrected chi connectivity index (χ2v) is 7.25. The number of esters is 1. The van der Waals surface area contributed by atoms with Crippen LogP contribution in [0.4, 0.5) is 5.69 Å². The van der Waals surface area contributed by atoms with Gasteiger partial charge in [-0.2, -0.15) is 0 Å². The Morgan fingerprint density at radius 3 is 2.36 bits per heavy atom. The molecular formula is C23H27NO4. The molecule has 2 aromatic rings. The van der Waals surface area contributed by atoms with E-state index >= 15 is 0 Å². The number of aryl methyl sites for hydroxylation is 1. The summed E-state index contributed by atoms with van der Waals surface area (Å²) >= 11 is 0. The lowest BCUT2D eigenvalue weighted by Gasteiger charge is -2.23. The molecule has 0 aromatic heterocycles. The number of hydrogen-bond acceptors (Lipinski definition) is 4. The van der Waals surface area contributed by atoms with Crippen molar-refractivity contribution < 1.29 is 19.1 Å². The van der Waals surface area contributed by atoms with Gasteiger partial charge in [-0.05, 0) is 75.4 Å². The second kappa shape index (κ2) is 9.40. The Hall–Kier alpha value is -2.82. The van der Waals surface area contributed by atoms with Crippen molar-refractivity contribution in [2.45, 2.75) is 58.2 Å². The van der Waals surface area contributed by atoms with Gasteiger partial charge in [0.2, 0.25) is 0 Å². The summed E-state index contributed by atoms with van der Waals surface area (Å²) in [7, 11) is 0. The molecule has 28 heavy (non-hydrogen) atoms. The van der Waals surface area contributed by atoms with Crippen molar-refractivity contribution in [2.75, 3.05) is 5.32 Å². The normalized spacial score (nSPS) is 15.5. The van der Waals surface area contributed by atoms with Crippen LogP contribution in [0.25, 0.3) is 0 Å². The van der Waals surface area contributed by atoms with Crippen molar-refractivity contribution in [3.05, 3.63) is 59.7 Å². The molecule has 1 aliphatic rings. The fourth-order valence-corrected chi connectivity index (χ4v) is 3.29. The number of anilines is 1. The number of ether oxygens (including phenoxy) is 2. The van der Waals surface area contributed by atoms with E-state index in [2.05, 4.69) is 5.32 Å². The third-order valence-corrected chi connectivity index (χ3v) is 4.99. The van der Waals surface area contributed by atoms with E-state index in [0.29, 0.717) is 11.3 Å². The maximum Gasteiger partial charge on any atom is 0.347 e. The van der Waals surface area contributed by atoms with Gasteiger partial charge < -0.3 is 14.8 Å². The fraction of sp³-hybridized carbons (Fsp3) is 0.391. The van der Waals surface area contributed by atoms with Gasteiger partial charge in [-0.15, -0.1) is 0 Å². The van der Waals surface area contributed by atoms with Crippen molar-refractivity contribution in [3.8, 4) is 5.75 Å². The van der Waals surface area contributed by atoms with Crippen LogP contribution >= 0.6 is 0 Å². The smallest absolute Gasteiger partial charge is 0.347 e. The lowest BCUT2D eigenvalue weighted by atomic mass is 9.98. The van der Waals surface area contributed by atoms with Crippen LogP contribution in [0.2, 0.25) is 0 Å². The Balaban J connectivity index is 1.54. The molecule has 0 saturated heterocycles. The zero-order chi connectivity index (χ0) is 19.9. The van der Waals surface area contributed by atoms with Crippen molar-refractivity contribution in [2.24, 2.45) is 0 Å². The molecule has 1 atom stereocenters. The monoisotopic (exact) mass is 381 g/mol. The molecule has 1 aliphatic carbocycles. The largest absolute Gasteiger partial charge is 0.479 e. The molecule has 1 N–H and O–H groups in total. The van der Waals surface area contributed by atoms with Gasteiger partial charge in [0, 0.05) is 11.3 Å². The Morgan fingerprint density at radius 2 is 1.68 bits per heavy atom. The summed E-state index contributed by atoms with van der Waals surface area (Å²) in [5, 5.41) is 2.90. The van der Waals surface area contributed by atoms with Crippen LogP contribution in [0.5, 0.6) is 5.75 Å². The first-order valence-corrected chi connectivity index (χ1v) is 9.87. The first-order chi connectivity index (χ1) is 13.5. The van der Waals surface area contributed by atoms with Gasteiger partial charge in [0.05, 0.1) is 0 Å². The van der Waals surface area contributed by atoms with E-state index < -0.39 is 6.10 Å². The van der Waals surface area contributed by atoms with E-state index in [4.69, 9.17) is 9.47 Å². The minimum absolute atomic E-state index is 0.0137. The van der Waals surface area contributed by atoms with Crippen molar-refractivity contribution >= 4 is 17.6 Å². The Kier molecular flexibility index (Phi) is 6.69. The van der Waals surface area contributed by atoms with Gasteiger partial charge in [-0.3, -0.25) is 4.79 Å². The summed E-state index contributed by atoms with van der Waals surface area (Å²) in [6.07, 6.45) is 4.63. The van der Waals surface area contributed by atoms with E-state index in [1.54, 1.807) is 31.2 Å². The first kappa shape index (κ1) is 19.9. The van der Waals surface area contributed by atoms with Gasteiger partial charge >= 0.3 is 5.97 Å². The molecule has 1 saturated carbocycles. The summed E-state index contributed by atoms with van der Waals surface area (Å²) < 4.78 is 11.2. The SMILES string of the molecule is Cc1ccccc1NC(=O)c1ccc(O[C@H](C)C(=O)OC2CCCCC2)cc1. The zero-order valence-corrected chi connectivity index (χ0v) is 16.4. The predicted octanol–water partition coefficient (Wildman–Crippen LogP) is 4.89. The maximum absolute atomic E-state index is 12.4. The third kappa shape index (κ3) is 5.35. The lowest BCUT2D eigenvalue weighted by molar-refractivity contribution is -0.158. The highest BCUT2D eigenvalue weighted by molar-refractivity contribution is 6.04. The molecule has 1 amide bonds. The third-order valence-electron chi connectivity index (χ3n) is 4.99. The van der Waals surface area contributed by atoms with Gasteiger partial charge in [0.15, 0.2) is 6.10 Å². The van der Waals surface area contributed by atoms with Crippen LogP contribution in [0.1, 0.15) is 54.9 Å². The molecule has 148 valence electrons. The van der Waals surface area contributed by atoms with E-state index in [-0.39, 0.29) is 18.0 Å². The Labute approximate surface area is 166 Å². The molecule has 0 unspecified atom stereocenters. The summed E-state index contributed by atoms with van der Waals surface area (Å²) in [6.45, 7) is 3.63. The van der Waals surface area contributed by atoms with Gasteiger partial charge in [-0.1, -0.05) is 24.6 Å². The van der Waals surface area contributed by atoms with E-state index in [1.165, 1.54) is 6.42 Å². The molecule has 1 fully saturated rings. The lowest BCUT2D eigenvalue weighted by Crippen LogP contribution is -2.31. The number of hydrogen-bond donors (Lipinski definition) is 1. The summed E-state index contributed by atoms with van der Waals surface area (Å²) in [5.74, 6) is -0.000542. The minimum atomic E-state index is -0.687. The number of carbonyl (C=O) groups excluding carboxylic acids is 2. The number of amides is 1. The fourth-order valence-electron chi connectivity index (χ4n) is 3.29. The first-order valence-electron chi connectivity index (χ1n) is 9.87. The average molecular weight is 381 g/mol. The van der Waals surface area contributed by atoms with E-state index in [1.807, 2.05) is 31.2 Å². The van der Waals surface area contributed by atoms with Gasteiger partial charge in [0.25, 0.3) is 5.91 Å². The molecule has 3 rings (SSSR count). The highest BCUT2D eigenvalue weighted by Gasteiger charge is 2.23. The van der Waals surface area contributed by atoms with Crippen molar-refractivity contribution in [1.29, 1.82) is 0 Å². The van der Waals surface area contributed by atoms with Gasteiger partial charge in [-0.25, -0.2) is 4.79 Å². The Morgan fingerprint density at radius 1 is 1.00 bits per heavy atom. The average Bonchev–Trinajstić information content (AvgIpc) is 2.71. The molecule has 0 aliphatic heterocycles. The molecule has 0 bridgehead atoms. The Bertz CT molecular complexity index is 810. The molecule has 2 aromatic carbocycles. The molecule has 0 heterocycles. The number of nitrogens with one attached hydrogen (secondary N) is 1. The highest BCUT2D eigenvalue weighted by atomic mass is 16.6. The van der Waals surface area contributed by atoms with Crippen LogP contribution in [0.15, 0.2) is 48.5 Å². The molecule has 0 radical (unpaired) electrons. The minimum Gasteiger partial charge on any atom is -0.479 e. The predicted molar refractivity (Wildman–Crippen MR) is 109 cm³/mol. The van der Waals surface area contributed by atoms with Crippen molar-refractivity contribution in [3.63, 3.8) is 0 Å². The topological polar surface area (TPSA) is 64.6 Å². The van der Waals surface area contributed by atoms with Crippen molar-refractivity contribution in [1.82, 2.24) is 0 Å².